The number of pyridine rings is 2. The van der Waals surface area contributed by atoms with Gasteiger partial charge in [-0.05, 0) is 65.9 Å². The van der Waals surface area contributed by atoms with E-state index in [-0.39, 0.29) is 5.91 Å². The van der Waals surface area contributed by atoms with E-state index in [1.807, 2.05) is 66.9 Å². The quantitative estimate of drug-likeness (QED) is 0.382. The number of methoxy groups -OCH3 is 2. The van der Waals surface area contributed by atoms with Gasteiger partial charge in [0, 0.05) is 11.6 Å². The third-order valence-electron chi connectivity index (χ3n) is 6.46. The van der Waals surface area contributed by atoms with E-state index in [9.17, 15) is 4.79 Å². The van der Waals surface area contributed by atoms with Gasteiger partial charge in [0.1, 0.15) is 0 Å². The van der Waals surface area contributed by atoms with E-state index >= 15 is 0 Å². The summed E-state index contributed by atoms with van der Waals surface area (Å²) in [6.07, 6.45) is 5.42. The second-order valence-electron chi connectivity index (χ2n) is 8.52. The molecular weight excluding hydrogens is 454 g/mol. The number of fused-ring (bicyclic) bond motifs is 3. The molecule has 0 saturated carbocycles. The van der Waals surface area contributed by atoms with Crippen LogP contribution in [-0.4, -0.2) is 39.7 Å². The maximum absolute atomic E-state index is 13.7. The second-order valence-corrected chi connectivity index (χ2v) is 8.52. The van der Waals surface area contributed by atoms with Gasteiger partial charge in [0.2, 0.25) is 5.95 Å². The van der Waals surface area contributed by atoms with Crippen LogP contribution in [0.1, 0.15) is 33.6 Å². The van der Waals surface area contributed by atoms with Crippen LogP contribution in [0.3, 0.4) is 0 Å². The average molecular weight is 478 g/mol. The van der Waals surface area contributed by atoms with Gasteiger partial charge >= 0.3 is 0 Å². The Labute approximate surface area is 207 Å². The molecule has 2 aromatic carbocycles. The highest BCUT2D eigenvalue weighted by Crippen LogP contribution is 2.38. The normalized spacial score (nSPS) is 13.8. The molecule has 8 nitrogen and oxygen atoms in total. The first-order chi connectivity index (χ1) is 17.7. The molecule has 0 unspecified atom stereocenters. The van der Waals surface area contributed by atoms with E-state index in [0.29, 0.717) is 28.7 Å². The van der Waals surface area contributed by atoms with Crippen molar-refractivity contribution < 1.29 is 14.3 Å². The number of aromatic nitrogens is 4. The molecule has 0 radical (unpaired) electrons. The zero-order valence-corrected chi connectivity index (χ0v) is 19.9. The van der Waals surface area contributed by atoms with E-state index in [2.05, 4.69) is 21.6 Å². The van der Waals surface area contributed by atoms with Gasteiger partial charge in [-0.1, -0.05) is 30.3 Å². The molecule has 0 spiro atoms. The predicted molar refractivity (Wildman–Crippen MR) is 138 cm³/mol. The summed E-state index contributed by atoms with van der Waals surface area (Å²) in [5, 5.41) is 12.1. The number of benzene rings is 2. The van der Waals surface area contributed by atoms with Crippen LogP contribution in [0.25, 0.3) is 28.2 Å². The molecule has 0 fully saturated rings. The lowest BCUT2D eigenvalue weighted by Crippen LogP contribution is -2.17. The molecule has 1 aliphatic rings. The van der Waals surface area contributed by atoms with Crippen molar-refractivity contribution in [1.82, 2.24) is 19.6 Å². The maximum atomic E-state index is 13.7. The van der Waals surface area contributed by atoms with Crippen molar-refractivity contribution in [2.24, 2.45) is 0 Å². The number of nitrogens with one attached hydrogen (secondary N) is 1. The Hall–Kier alpha value is -4.72. The number of nitrogens with zero attached hydrogens (tertiary/aromatic N) is 4. The maximum Gasteiger partial charge on any atom is 0.259 e. The van der Waals surface area contributed by atoms with Gasteiger partial charge in [0.15, 0.2) is 17.1 Å². The molecule has 0 aliphatic heterocycles. The van der Waals surface area contributed by atoms with Crippen molar-refractivity contribution >= 4 is 40.1 Å². The largest absolute Gasteiger partial charge is 0.493 e. The fourth-order valence-corrected chi connectivity index (χ4v) is 4.77. The fourth-order valence-electron chi connectivity index (χ4n) is 4.77. The summed E-state index contributed by atoms with van der Waals surface area (Å²) in [5.74, 6) is 1.49. The van der Waals surface area contributed by atoms with E-state index < -0.39 is 0 Å². The minimum absolute atomic E-state index is 0.227. The summed E-state index contributed by atoms with van der Waals surface area (Å²) >= 11 is 0. The van der Waals surface area contributed by atoms with Gasteiger partial charge in [0.25, 0.3) is 5.91 Å². The van der Waals surface area contributed by atoms with Gasteiger partial charge in [-0.3, -0.25) is 14.5 Å². The molecule has 1 aliphatic carbocycles. The van der Waals surface area contributed by atoms with Gasteiger partial charge in [-0.25, -0.2) is 4.98 Å². The summed E-state index contributed by atoms with van der Waals surface area (Å²) in [4.78, 5) is 18.6. The molecule has 3 aromatic heterocycles. The molecule has 0 bridgehead atoms. The standard InChI is InChI=1S/C28H23N5O3/c1-35-22-13-10-17(16-23(22)36-2)15-18-11-12-20-25(19-7-3-4-8-21(19)29-26(18)20)27(34)30-28-32-31-24-9-5-6-14-33(24)28/h3-10,13-16H,11-12H2,1-2H3,(H,30,32,34)/b18-15+. The summed E-state index contributed by atoms with van der Waals surface area (Å²) in [6, 6.07) is 19.1. The topological polar surface area (TPSA) is 90.6 Å². The Kier molecular flexibility index (Phi) is 5.33. The molecule has 8 heteroatoms. The Morgan fingerprint density at radius 2 is 1.81 bits per heavy atom. The van der Waals surface area contributed by atoms with Crippen LogP contribution in [0.4, 0.5) is 5.95 Å². The van der Waals surface area contributed by atoms with Gasteiger partial charge in [-0.2, -0.15) is 0 Å². The Morgan fingerprint density at radius 1 is 0.972 bits per heavy atom. The molecule has 178 valence electrons. The van der Waals surface area contributed by atoms with Crippen molar-refractivity contribution in [1.29, 1.82) is 0 Å². The number of ether oxygens (including phenoxy) is 2. The SMILES string of the molecule is COc1ccc(/C=C2\CCc3c2nc2ccccc2c3C(=O)Nc2nnc3ccccn23)cc1OC. The highest BCUT2D eigenvalue weighted by molar-refractivity contribution is 6.14. The molecule has 3 heterocycles. The highest BCUT2D eigenvalue weighted by Gasteiger charge is 2.27. The van der Waals surface area contributed by atoms with Crippen LogP contribution in [-0.2, 0) is 6.42 Å². The first-order valence-corrected chi connectivity index (χ1v) is 11.6. The average Bonchev–Trinajstić information content (AvgIpc) is 3.51. The van der Waals surface area contributed by atoms with Crippen LogP contribution in [0.2, 0.25) is 0 Å². The lowest BCUT2D eigenvalue weighted by molar-refractivity contribution is 0.102. The van der Waals surface area contributed by atoms with E-state index in [4.69, 9.17) is 14.5 Å². The highest BCUT2D eigenvalue weighted by atomic mass is 16.5. The van der Waals surface area contributed by atoms with Gasteiger partial charge in [0.05, 0.1) is 31.0 Å². The minimum Gasteiger partial charge on any atom is -0.493 e. The third-order valence-corrected chi connectivity index (χ3v) is 6.46. The zero-order chi connectivity index (χ0) is 24.6. The number of carbonyl (C=O) groups is 1. The molecule has 6 rings (SSSR count). The van der Waals surface area contributed by atoms with Crippen LogP contribution in [0.5, 0.6) is 11.5 Å². The van der Waals surface area contributed by atoms with Crippen molar-refractivity contribution in [2.75, 3.05) is 19.5 Å². The van der Waals surface area contributed by atoms with Crippen LogP contribution >= 0.6 is 0 Å². The molecule has 0 atom stereocenters. The second kappa shape index (κ2) is 8.81. The van der Waals surface area contributed by atoms with E-state index in [1.54, 1.807) is 18.6 Å². The third kappa shape index (κ3) is 3.63. The Bertz CT molecular complexity index is 1670. The van der Waals surface area contributed by atoms with Crippen molar-refractivity contribution in [3.05, 3.63) is 89.2 Å². The number of allylic oxidation sites excluding steroid dienone is 1. The summed E-state index contributed by atoms with van der Waals surface area (Å²) in [6.45, 7) is 0. The Balaban J connectivity index is 1.44. The van der Waals surface area contributed by atoms with E-state index in [1.165, 1.54) is 0 Å². The van der Waals surface area contributed by atoms with Crippen LogP contribution in [0, 0.1) is 0 Å². The lowest BCUT2D eigenvalue weighted by Gasteiger charge is -2.12. The molecular formula is C28H23N5O3. The van der Waals surface area contributed by atoms with Crippen LogP contribution in [0.15, 0.2) is 66.9 Å². The first kappa shape index (κ1) is 21.8. The van der Waals surface area contributed by atoms with Crippen molar-refractivity contribution in [3.63, 3.8) is 0 Å². The number of carbonyl (C=O) groups excluding carboxylic acids is 1. The van der Waals surface area contributed by atoms with E-state index in [0.717, 1.165) is 46.1 Å². The fraction of sp³-hybridized carbons (Fsp3) is 0.143. The smallest absolute Gasteiger partial charge is 0.259 e. The van der Waals surface area contributed by atoms with Gasteiger partial charge in [-0.15, -0.1) is 10.2 Å². The molecule has 1 amide bonds. The first-order valence-electron chi connectivity index (χ1n) is 11.6. The zero-order valence-electron chi connectivity index (χ0n) is 19.9. The molecule has 5 aromatic rings. The number of amides is 1. The van der Waals surface area contributed by atoms with Gasteiger partial charge < -0.3 is 9.47 Å². The van der Waals surface area contributed by atoms with Crippen LogP contribution < -0.4 is 14.8 Å². The van der Waals surface area contributed by atoms with Crippen molar-refractivity contribution in [2.45, 2.75) is 12.8 Å². The number of hydrogen-bond acceptors (Lipinski definition) is 6. The number of anilines is 1. The lowest BCUT2D eigenvalue weighted by atomic mass is 10.00. The Morgan fingerprint density at radius 3 is 2.67 bits per heavy atom. The number of rotatable bonds is 5. The summed E-state index contributed by atoms with van der Waals surface area (Å²) < 4.78 is 12.6. The summed E-state index contributed by atoms with van der Waals surface area (Å²) in [7, 11) is 3.24. The monoisotopic (exact) mass is 477 g/mol. The number of hydrogen-bond donors (Lipinski definition) is 1. The van der Waals surface area contributed by atoms with Crippen molar-refractivity contribution in [3.8, 4) is 11.5 Å². The predicted octanol–water partition coefficient (Wildman–Crippen LogP) is 5.03. The molecule has 1 N–H and O–H groups in total. The number of para-hydroxylation sites is 1. The molecule has 36 heavy (non-hydrogen) atoms. The summed E-state index contributed by atoms with van der Waals surface area (Å²) in [5.41, 5.74) is 5.90. The minimum atomic E-state index is -0.227. The molecule has 0 saturated heterocycles.